The summed E-state index contributed by atoms with van der Waals surface area (Å²) in [7, 11) is 0. The third-order valence-corrected chi connectivity index (χ3v) is 1.64. The minimum atomic E-state index is -0.441. The van der Waals surface area contributed by atoms with Gasteiger partial charge in [-0.3, -0.25) is 0 Å². The number of hydrogen-bond donors (Lipinski definition) is 1. The molecule has 0 saturated heterocycles. The number of nitrogens with zero attached hydrogens (tertiary/aromatic N) is 1. The van der Waals surface area contributed by atoms with Crippen LogP contribution in [0.5, 0.6) is 0 Å². The number of benzene rings is 1. The summed E-state index contributed by atoms with van der Waals surface area (Å²) >= 11 is 0. The SMILES string of the molecule is C=CC(=O)OCCCO.O=C=Nc1ccccc1. The highest BCUT2D eigenvalue weighted by atomic mass is 16.5. The van der Waals surface area contributed by atoms with E-state index >= 15 is 0 Å². The number of esters is 1. The van der Waals surface area contributed by atoms with Crippen LogP contribution < -0.4 is 0 Å². The molecule has 1 aromatic rings. The van der Waals surface area contributed by atoms with Crippen molar-refractivity contribution in [3.05, 3.63) is 43.0 Å². The molecule has 0 aliphatic rings. The minimum absolute atomic E-state index is 0.0461. The van der Waals surface area contributed by atoms with Crippen molar-refractivity contribution in [3.63, 3.8) is 0 Å². The van der Waals surface area contributed by atoms with Crippen molar-refractivity contribution in [1.82, 2.24) is 0 Å². The second-order valence-electron chi connectivity index (χ2n) is 2.99. The topological polar surface area (TPSA) is 76.0 Å². The maximum atomic E-state index is 10.3. The van der Waals surface area contributed by atoms with Crippen molar-refractivity contribution >= 4 is 17.7 Å². The highest BCUT2D eigenvalue weighted by Gasteiger charge is 1.91. The molecule has 0 unspecified atom stereocenters. The van der Waals surface area contributed by atoms with Gasteiger partial charge in [0.2, 0.25) is 6.08 Å². The molecule has 5 nitrogen and oxygen atoms in total. The predicted molar refractivity (Wildman–Crippen MR) is 67.1 cm³/mol. The molecule has 0 bridgehead atoms. The Morgan fingerprint density at radius 2 is 2.11 bits per heavy atom. The van der Waals surface area contributed by atoms with Crippen LogP contribution >= 0.6 is 0 Å². The van der Waals surface area contributed by atoms with Crippen molar-refractivity contribution in [3.8, 4) is 0 Å². The summed E-state index contributed by atoms with van der Waals surface area (Å²) < 4.78 is 4.51. The summed E-state index contributed by atoms with van der Waals surface area (Å²) in [5.41, 5.74) is 0.646. The Morgan fingerprint density at radius 3 is 2.61 bits per heavy atom. The number of ether oxygens (including phenoxy) is 1. The number of hydrogen-bond acceptors (Lipinski definition) is 5. The van der Waals surface area contributed by atoms with Gasteiger partial charge in [0.25, 0.3) is 0 Å². The highest BCUT2D eigenvalue weighted by molar-refractivity contribution is 5.81. The zero-order valence-corrected chi connectivity index (χ0v) is 9.91. The first kappa shape index (κ1) is 15.8. The second kappa shape index (κ2) is 11.3. The molecular formula is C13H15NO4. The van der Waals surface area contributed by atoms with E-state index in [1.807, 2.05) is 18.2 Å². The number of rotatable bonds is 5. The Balaban J connectivity index is 0.000000321. The van der Waals surface area contributed by atoms with Gasteiger partial charge in [-0.05, 0) is 12.1 Å². The quantitative estimate of drug-likeness (QED) is 0.283. The number of aliphatic hydroxyl groups excluding tert-OH is 1. The fourth-order valence-corrected chi connectivity index (χ4v) is 0.851. The van der Waals surface area contributed by atoms with Gasteiger partial charge in [0, 0.05) is 19.1 Å². The van der Waals surface area contributed by atoms with E-state index in [1.54, 1.807) is 12.1 Å². The molecule has 0 heterocycles. The van der Waals surface area contributed by atoms with Gasteiger partial charge < -0.3 is 9.84 Å². The molecule has 0 saturated carbocycles. The number of isocyanates is 1. The largest absolute Gasteiger partial charge is 0.462 e. The van der Waals surface area contributed by atoms with Gasteiger partial charge in [0.15, 0.2) is 0 Å². The van der Waals surface area contributed by atoms with E-state index in [2.05, 4.69) is 16.3 Å². The lowest BCUT2D eigenvalue weighted by Crippen LogP contribution is -2.02. The van der Waals surface area contributed by atoms with Crippen LogP contribution in [0.2, 0.25) is 0 Å². The number of aliphatic hydroxyl groups is 1. The molecule has 0 aliphatic heterocycles. The predicted octanol–water partition coefficient (Wildman–Crippen LogP) is 1.75. The molecule has 0 aliphatic carbocycles. The standard InChI is InChI=1S/C7H5NO.C6H10O3/c9-6-8-7-4-2-1-3-5-7;1-2-6(8)9-5-3-4-7/h1-5H;2,7H,1,3-5H2. The second-order valence-corrected chi connectivity index (χ2v) is 2.99. The molecule has 0 spiro atoms. The normalized spacial score (nSPS) is 8.28. The van der Waals surface area contributed by atoms with Crippen LogP contribution in [0.4, 0.5) is 5.69 Å². The Bertz CT molecular complexity index is 397. The van der Waals surface area contributed by atoms with Gasteiger partial charge in [0.05, 0.1) is 12.3 Å². The third kappa shape index (κ3) is 9.03. The number of para-hydroxylation sites is 1. The summed E-state index contributed by atoms with van der Waals surface area (Å²) in [6, 6.07) is 8.98. The summed E-state index contributed by atoms with van der Waals surface area (Å²) in [6.45, 7) is 3.51. The summed E-state index contributed by atoms with van der Waals surface area (Å²) in [6.07, 6.45) is 3.04. The van der Waals surface area contributed by atoms with Gasteiger partial charge >= 0.3 is 5.97 Å². The van der Waals surface area contributed by atoms with Gasteiger partial charge in [0.1, 0.15) is 0 Å². The van der Waals surface area contributed by atoms with Gasteiger partial charge in [-0.1, -0.05) is 24.8 Å². The highest BCUT2D eigenvalue weighted by Crippen LogP contribution is 2.06. The van der Waals surface area contributed by atoms with Gasteiger partial charge in [-0.25, -0.2) is 9.59 Å². The maximum absolute atomic E-state index is 10.3. The Labute approximate surface area is 105 Å². The van der Waals surface area contributed by atoms with Crippen molar-refractivity contribution < 1.29 is 19.4 Å². The molecule has 0 aromatic heterocycles. The first-order valence-electron chi connectivity index (χ1n) is 5.27. The van der Waals surface area contributed by atoms with E-state index in [0.717, 1.165) is 6.08 Å². The number of aliphatic imine (C=N–C) groups is 1. The van der Waals surface area contributed by atoms with Gasteiger partial charge in [-0.2, -0.15) is 4.99 Å². The van der Waals surface area contributed by atoms with Crippen LogP contribution in [-0.2, 0) is 14.3 Å². The van der Waals surface area contributed by atoms with Crippen LogP contribution in [0.1, 0.15) is 6.42 Å². The van der Waals surface area contributed by atoms with Crippen molar-refractivity contribution in [2.24, 2.45) is 4.99 Å². The van der Waals surface area contributed by atoms with Crippen LogP contribution in [0.15, 0.2) is 48.0 Å². The van der Waals surface area contributed by atoms with Crippen molar-refractivity contribution in [2.45, 2.75) is 6.42 Å². The summed E-state index contributed by atoms with van der Waals surface area (Å²) in [5.74, 6) is -0.441. The number of carbonyl (C=O) groups excluding carboxylic acids is 2. The monoisotopic (exact) mass is 249 g/mol. The lowest BCUT2D eigenvalue weighted by Gasteiger charge is -1.96. The van der Waals surface area contributed by atoms with E-state index in [4.69, 9.17) is 5.11 Å². The minimum Gasteiger partial charge on any atom is -0.462 e. The van der Waals surface area contributed by atoms with E-state index < -0.39 is 5.97 Å². The Kier molecular flexibility index (Phi) is 9.87. The molecule has 1 aromatic carbocycles. The lowest BCUT2D eigenvalue weighted by molar-refractivity contribution is -0.137. The Hall–Kier alpha value is -2.23. The fraction of sp³-hybridized carbons (Fsp3) is 0.231. The van der Waals surface area contributed by atoms with E-state index in [1.165, 1.54) is 6.08 Å². The van der Waals surface area contributed by atoms with E-state index in [-0.39, 0.29) is 13.2 Å². The zero-order valence-electron chi connectivity index (χ0n) is 9.91. The molecule has 0 atom stereocenters. The van der Waals surface area contributed by atoms with Crippen LogP contribution in [-0.4, -0.2) is 30.4 Å². The van der Waals surface area contributed by atoms with Crippen molar-refractivity contribution in [2.75, 3.05) is 13.2 Å². The first-order valence-corrected chi connectivity index (χ1v) is 5.27. The number of carbonyl (C=O) groups is 1. The van der Waals surface area contributed by atoms with E-state index in [9.17, 15) is 9.59 Å². The van der Waals surface area contributed by atoms with E-state index in [0.29, 0.717) is 12.1 Å². The lowest BCUT2D eigenvalue weighted by atomic mass is 10.3. The summed E-state index contributed by atoms with van der Waals surface area (Å²) in [5, 5.41) is 8.23. The molecule has 96 valence electrons. The molecule has 18 heavy (non-hydrogen) atoms. The third-order valence-electron chi connectivity index (χ3n) is 1.64. The van der Waals surface area contributed by atoms with Crippen LogP contribution in [0.3, 0.4) is 0 Å². The van der Waals surface area contributed by atoms with Crippen molar-refractivity contribution in [1.29, 1.82) is 0 Å². The zero-order chi connectivity index (χ0) is 13.6. The van der Waals surface area contributed by atoms with Crippen LogP contribution in [0, 0.1) is 0 Å². The maximum Gasteiger partial charge on any atom is 0.330 e. The molecule has 0 radical (unpaired) electrons. The molecule has 1 rings (SSSR count). The molecule has 5 heteroatoms. The molecule has 0 fully saturated rings. The summed E-state index contributed by atoms with van der Waals surface area (Å²) in [4.78, 5) is 23.3. The average molecular weight is 249 g/mol. The first-order chi connectivity index (χ1) is 8.74. The fourth-order valence-electron chi connectivity index (χ4n) is 0.851. The molecule has 0 amide bonds. The smallest absolute Gasteiger partial charge is 0.330 e. The molecular weight excluding hydrogens is 234 g/mol. The molecule has 1 N–H and O–H groups in total. The average Bonchev–Trinajstić information content (AvgIpc) is 2.41. The van der Waals surface area contributed by atoms with Gasteiger partial charge in [-0.15, -0.1) is 0 Å². The Morgan fingerprint density at radius 1 is 1.44 bits per heavy atom. The van der Waals surface area contributed by atoms with Crippen LogP contribution in [0.25, 0.3) is 0 Å².